The zero-order valence-corrected chi connectivity index (χ0v) is 15.5. The van der Waals surface area contributed by atoms with Gasteiger partial charge in [0.15, 0.2) is 0 Å². The van der Waals surface area contributed by atoms with Crippen LogP contribution < -0.4 is 9.46 Å². The zero-order chi connectivity index (χ0) is 17.9. The van der Waals surface area contributed by atoms with Gasteiger partial charge in [-0.1, -0.05) is 17.7 Å². The van der Waals surface area contributed by atoms with Crippen molar-refractivity contribution in [2.45, 2.75) is 11.4 Å². The Bertz CT molecular complexity index is 975. The Hall–Kier alpha value is -2.00. The van der Waals surface area contributed by atoms with Gasteiger partial charge in [-0.3, -0.25) is 4.98 Å². The predicted molar refractivity (Wildman–Crippen MR) is 97.4 cm³/mol. The lowest BCUT2D eigenvalue weighted by atomic mass is 10.3. The van der Waals surface area contributed by atoms with Crippen molar-refractivity contribution in [3.63, 3.8) is 0 Å². The molecule has 1 N–H and O–H groups in total. The van der Waals surface area contributed by atoms with Gasteiger partial charge < -0.3 is 4.74 Å². The van der Waals surface area contributed by atoms with Crippen LogP contribution in [0.4, 0.5) is 0 Å². The van der Waals surface area contributed by atoms with E-state index in [9.17, 15) is 8.42 Å². The molecule has 0 aliphatic carbocycles. The SMILES string of the molecule is COc1ccc(Cl)cc1S(=O)(=O)NCc1nc(-c2ccccn2)cs1. The smallest absolute Gasteiger partial charge is 0.244 e. The van der Waals surface area contributed by atoms with E-state index in [0.29, 0.717) is 15.7 Å². The first-order valence-corrected chi connectivity index (χ1v) is 9.93. The third-order valence-electron chi connectivity index (χ3n) is 3.31. The van der Waals surface area contributed by atoms with Gasteiger partial charge in [-0.15, -0.1) is 11.3 Å². The molecule has 0 atom stereocenters. The van der Waals surface area contributed by atoms with Gasteiger partial charge in [0.1, 0.15) is 15.7 Å². The summed E-state index contributed by atoms with van der Waals surface area (Å²) in [5, 5.41) is 2.78. The Kier molecular flexibility index (Phi) is 5.33. The van der Waals surface area contributed by atoms with Gasteiger partial charge in [0.25, 0.3) is 0 Å². The van der Waals surface area contributed by atoms with Crippen LogP contribution in [0.2, 0.25) is 5.02 Å². The summed E-state index contributed by atoms with van der Waals surface area (Å²) >= 11 is 7.26. The third kappa shape index (κ3) is 4.16. The molecule has 0 fully saturated rings. The molecule has 25 heavy (non-hydrogen) atoms. The third-order valence-corrected chi connectivity index (χ3v) is 5.81. The zero-order valence-electron chi connectivity index (χ0n) is 13.1. The summed E-state index contributed by atoms with van der Waals surface area (Å²) < 4.78 is 32.7. The average molecular weight is 396 g/mol. The molecule has 2 aromatic heterocycles. The molecule has 0 bridgehead atoms. The van der Waals surface area contributed by atoms with Gasteiger partial charge in [0.2, 0.25) is 10.0 Å². The van der Waals surface area contributed by atoms with Crippen LogP contribution in [0.1, 0.15) is 5.01 Å². The monoisotopic (exact) mass is 395 g/mol. The van der Waals surface area contributed by atoms with Crippen LogP contribution >= 0.6 is 22.9 Å². The van der Waals surface area contributed by atoms with Crippen LogP contribution in [0.15, 0.2) is 52.9 Å². The number of pyridine rings is 1. The molecule has 6 nitrogen and oxygen atoms in total. The molecular formula is C16H14ClN3O3S2. The van der Waals surface area contributed by atoms with E-state index in [1.54, 1.807) is 12.3 Å². The minimum Gasteiger partial charge on any atom is -0.495 e. The highest BCUT2D eigenvalue weighted by atomic mass is 35.5. The van der Waals surface area contributed by atoms with Crippen LogP contribution in [0.25, 0.3) is 11.4 Å². The topological polar surface area (TPSA) is 81.2 Å². The number of thiazole rings is 1. The van der Waals surface area contributed by atoms with Crippen LogP contribution in [-0.4, -0.2) is 25.5 Å². The van der Waals surface area contributed by atoms with Gasteiger partial charge >= 0.3 is 0 Å². The largest absolute Gasteiger partial charge is 0.495 e. The maximum Gasteiger partial charge on any atom is 0.244 e. The Morgan fingerprint density at radius 3 is 2.80 bits per heavy atom. The van der Waals surface area contributed by atoms with E-state index in [4.69, 9.17) is 16.3 Å². The highest BCUT2D eigenvalue weighted by Gasteiger charge is 2.20. The first-order chi connectivity index (χ1) is 12.0. The molecule has 0 aliphatic heterocycles. The van der Waals surface area contributed by atoms with E-state index in [0.717, 1.165) is 5.69 Å². The Morgan fingerprint density at radius 2 is 2.08 bits per heavy atom. The molecule has 2 heterocycles. The van der Waals surface area contributed by atoms with Crippen molar-refractivity contribution in [3.05, 3.63) is 58.0 Å². The molecule has 3 aromatic rings. The van der Waals surface area contributed by atoms with E-state index in [2.05, 4.69) is 14.7 Å². The van der Waals surface area contributed by atoms with Crippen LogP contribution in [0, 0.1) is 0 Å². The number of nitrogens with one attached hydrogen (secondary N) is 1. The molecule has 0 aliphatic rings. The fraction of sp³-hybridized carbons (Fsp3) is 0.125. The predicted octanol–water partition coefficient (Wildman–Crippen LogP) is 3.35. The van der Waals surface area contributed by atoms with E-state index in [1.807, 2.05) is 23.6 Å². The maximum atomic E-state index is 12.5. The minimum absolute atomic E-state index is 0.0102. The van der Waals surface area contributed by atoms with Crippen molar-refractivity contribution in [1.29, 1.82) is 0 Å². The highest BCUT2D eigenvalue weighted by molar-refractivity contribution is 7.89. The number of halogens is 1. The van der Waals surface area contributed by atoms with Crippen molar-refractivity contribution in [1.82, 2.24) is 14.7 Å². The van der Waals surface area contributed by atoms with Gasteiger partial charge in [0.05, 0.1) is 25.0 Å². The molecule has 1 aromatic carbocycles. The minimum atomic E-state index is -3.79. The molecular weight excluding hydrogens is 382 g/mol. The van der Waals surface area contributed by atoms with Crippen molar-refractivity contribution in [2.24, 2.45) is 0 Å². The first kappa shape index (κ1) is 17.8. The Labute approximate surface area is 154 Å². The number of ether oxygens (including phenoxy) is 1. The summed E-state index contributed by atoms with van der Waals surface area (Å²) in [5.41, 5.74) is 1.45. The molecule has 0 saturated heterocycles. The quantitative estimate of drug-likeness (QED) is 0.692. The number of sulfonamides is 1. The number of methoxy groups -OCH3 is 1. The van der Waals surface area contributed by atoms with E-state index in [1.165, 1.54) is 30.6 Å². The van der Waals surface area contributed by atoms with Crippen molar-refractivity contribution < 1.29 is 13.2 Å². The van der Waals surface area contributed by atoms with Gasteiger partial charge in [0, 0.05) is 16.6 Å². The second-order valence-corrected chi connectivity index (χ2v) is 8.08. The Balaban J connectivity index is 1.77. The summed E-state index contributed by atoms with van der Waals surface area (Å²) in [7, 11) is -2.38. The second kappa shape index (κ2) is 7.49. The van der Waals surface area contributed by atoms with Crippen LogP contribution in [0.5, 0.6) is 5.75 Å². The number of hydrogen-bond acceptors (Lipinski definition) is 6. The lowest BCUT2D eigenvalue weighted by Crippen LogP contribution is -2.23. The van der Waals surface area contributed by atoms with Crippen molar-refractivity contribution in [3.8, 4) is 17.1 Å². The second-order valence-electron chi connectivity index (χ2n) is 4.96. The highest BCUT2D eigenvalue weighted by Crippen LogP contribution is 2.27. The van der Waals surface area contributed by atoms with Crippen LogP contribution in [-0.2, 0) is 16.6 Å². The molecule has 0 radical (unpaired) electrons. The Morgan fingerprint density at radius 1 is 1.24 bits per heavy atom. The number of hydrogen-bond donors (Lipinski definition) is 1. The van der Waals surface area contributed by atoms with Crippen LogP contribution in [0.3, 0.4) is 0 Å². The number of aromatic nitrogens is 2. The first-order valence-electron chi connectivity index (χ1n) is 7.18. The number of benzene rings is 1. The van der Waals surface area contributed by atoms with Crippen molar-refractivity contribution in [2.75, 3.05) is 7.11 Å². The number of rotatable bonds is 6. The van der Waals surface area contributed by atoms with E-state index < -0.39 is 10.0 Å². The van der Waals surface area contributed by atoms with Gasteiger partial charge in [-0.2, -0.15) is 0 Å². The fourth-order valence-corrected chi connectivity index (χ4v) is 4.36. The van der Waals surface area contributed by atoms with Gasteiger partial charge in [-0.25, -0.2) is 18.1 Å². The van der Waals surface area contributed by atoms with E-state index >= 15 is 0 Å². The maximum absolute atomic E-state index is 12.5. The molecule has 3 rings (SSSR count). The lowest BCUT2D eigenvalue weighted by molar-refractivity contribution is 0.402. The van der Waals surface area contributed by atoms with E-state index in [-0.39, 0.29) is 17.2 Å². The summed E-state index contributed by atoms with van der Waals surface area (Å²) in [6, 6.07) is 9.97. The lowest BCUT2D eigenvalue weighted by Gasteiger charge is -2.10. The summed E-state index contributed by atoms with van der Waals surface area (Å²) in [6.45, 7) is 0.0650. The molecule has 0 amide bonds. The standard InChI is InChI=1S/C16H14ClN3O3S2/c1-23-14-6-5-11(17)8-15(14)25(21,22)19-9-16-20-13(10-24-16)12-4-2-3-7-18-12/h2-8,10,19H,9H2,1H3. The fourth-order valence-electron chi connectivity index (χ4n) is 2.12. The number of nitrogens with zero attached hydrogens (tertiary/aromatic N) is 2. The molecule has 0 saturated carbocycles. The average Bonchev–Trinajstić information content (AvgIpc) is 3.10. The molecule has 9 heteroatoms. The molecule has 130 valence electrons. The molecule has 0 spiro atoms. The van der Waals surface area contributed by atoms with Gasteiger partial charge in [-0.05, 0) is 30.3 Å². The normalized spacial score (nSPS) is 11.4. The summed E-state index contributed by atoms with van der Waals surface area (Å²) in [5.74, 6) is 0.227. The summed E-state index contributed by atoms with van der Waals surface area (Å²) in [6.07, 6.45) is 1.68. The molecule has 0 unspecified atom stereocenters. The summed E-state index contributed by atoms with van der Waals surface area (Å²) in [4.78, 5) is 8.62. The van der Waals surface area contributed by atoms with Crippen molar-refractivity contribution >= 4 is 33.0 Å².